The Labute approximate surface area is 126 Å². The summed E-state index contributed by atoms with van der Waals surface area (Å²) in [4.78, 5) is 12.5. The summed E-state index contributed by atoms with van der Waals surface area (Å²) in [5, 5.41) is 3.01. The molecule has 4 heteroatoms. The molecule has 0 aliphatic carbocycles. The van der Waals surface area contributed by atoms with Crippen LogP contribution in [0.25, 0.3) is 0 Å². The minimum absolute atomic E-state index is 0.140. The second kappa shape index (κ2) is 8.69. The molecule has 110 valence electrons. The number of carbonyl (C=O) groups is 1. The summed E-state index contributed by atoms with van der Waals surface area (Å²) in [7, 11) is 0. The van der Waals surface area contributed by atoms with Gasteiger partial charge >= 0.3 is 0 Å². The van der Waals surface area contributed by atoms with Crippen molar-refractivity contribution in [3.63, 3.8) is 0 Å². The topological polar surface area (TPSA) is 55.1 Å². The first kappa shape index (κ1) is 16.6. The molecule has 0 aliphatic heterocycles. The lowest BCUT2D eigenvalue weighted by molar-refractivity contribution is -0.125. The number of carbonyl (C=O) groups excluding carboxylic acids is 1. The molecule has 0 spiro atoms. The number of thiocarbonyl (C=S) groups is 1. The van der Waals surface area contributed by atoms with Crippen molar-refractivity contribution in [3.8, 4) is 0 Å². The molecule has 1 aromatic carbocycles. The van der Waals surface area contributed by atoms with Crippen molar-refractivity contribution in [3.05, 3.63) is 35.4 Å². The first-order chi connectivity index (χ1) is 9.58. The minimum Gasteiger partial charge on any atom is -0.389 e. The molecule has 20 heavy (non-hydrogen) atoms. The molecule has 3 nitrogen and oxygen atoms in total. The molecule has 0 bridgehead atoms. The van der Waals surface area contributed by atoms with Gasteiger partial charge in [0.2, 0.25) is 5.91 Å². The van der Waals surface area contributed by atoms with E-state index >= 15 is 0 Å². The smallest absolute Gasteiger partial charge is 0.223 e. The number of benzene rings is 1. The Hall–Kier alpha value is -1.42. The van der Waals surface area contributed by atoms with Crippen molar-refractivity contribution in [1.82, 2.24) is 5.32 Å². The maximum atomic E-state index is 12.1. The number of hydrogen-bond acceptors (Lipinski definition) is 2. The summed E-state index contributed by atoms with van der Waals surface area (Å²) in [6.45, 7) is 4.79. The van der Waals surface area contributed by atoms with Gasteiger partial charge in [-0.15, -0.1) is 0 Å². The van der Waals surface area contributed by atoms with Gasteiger partial charge in [-0.05, 0) is 18.4 Å². The van der Waals surface area contributed by atoms with Crippen LogP contribution in [0.1, 0.15) is 50.7 Å². The summed E-state index contributed by atoms with van der Waals surface area (Å²) in [6.07, 6.45) is 4.00. The Kier molecular flexibility index (Phi) is 7.23. The van der Waals surface area contributed by atoms with E-state index in [-0.39, 0.29) is 11.8 Å². The van der Waals surface area contributed by atoms with Gasteiger partial charge in [-0.1, -0.05) is 63.2 Å². The van der Waals surface area contributed by atoms with E-state index in [9.17, 15) is 4.79 Å². The highest BCUT2D eigenvalue weighted by Crippen LogP contribution is 2.14. The second-order valence-corrected chi connectivity index (χ2v) is 5.49. The van der Waals surface area contributed by atoms with E-state index in [1.165, 1.54) is 0 Å². The molecule has 0 aliphatic rings. The highest BCUT2D eigenvalue weighted by molar-refractivity contribution is 7.80. The maximum absolute atomic E-state index is 12.1. The van der Waals surface area contributed by atoms with E-state index in [0.29, 0.717) is 11.5 Å². The summed E-state index contributed by atoms with van der Waals surface area (Å²) >= 11 is 4.91. The molecule has 0 aromatic heterocycles. The quantitative estimate of drug-likeness (QED) is 0.724. The SMILES string of the molecule is CCCC(CCC)C(=O)NCc1ccc(C(N)=S)cc1. The molecular formula is C16H24N2OS. The minimum atomic E-state index is 0.140. The molecule has 0 unspecified atom stereocenters. The van der Waals surface area contributed by atoms with Crippen LogP contribution in [-0.4, -0.2) is 10.9 Å². The summed E-state index contributed by atoms with van der Waals surface area (Å²) in [6, 6.07) is 7.67. The molecule has 1 amide bonds. The Balaban J connectivity index is 2.52. The zero-order valence-electron chi connectivity index (χ0n) is 12.3. The molecule has 1 aromatic rings. The van der Waals surface area contributed by atoms with Crippen molar-refractivity contribution in [2.75, 3.05) is 0 Å². The maximum Gasteiger partial charge on any atom is 0.223 e. The molecular weight excluding hydrogens is 268 g/mol. The Morgan fingerprint density at radius 3 is 2.20 bits per heavy atom. The lowest BCUT2D eigenvalue weighted by atomic mass is 9.97. The van der Waals surface area contributed by atoms with Crippen LogP contribution in [0.3, 0.4) is 0 Å². The first-order valence-corrected chi connectivity index (χ1v) is 7.65. The normalized spacial score (nSPS) is 10.6. The Morgan fingerprint density at radius 1 is 1.20 bits per heavy atom. The third kappa shape index (κ3) is 5.29. The van der Waals surface area contributed by atoms with Crippen molar-refractivity contribution >= 4 is 23.1 Å². The number of rotatable bonds is 8. The Bertz CT molecular complexity index is 436. The fourth-order valence-corrected chi connectivity index (χ4v) is 2.36. The molecule has 0 saturated carbocycles. The number of nitrogens with one attached hydrogen (secondary N) is 1. The summed E-state index contributed by atoms with van der Waals surface area (Å²) < 4.78 is 0. The average Bonchev–Trinajstić information content (AvgIpc) is 2.45. The second-order valence-electron chi connectivity index (χ2n) is 5.05. The van der Waals surface area contributed by atoms with Crippen LogP contribution >= 0.6 is 12.2 Å². The van der Waals surface area contributed by atoms with Crippen LogP contribution in [-0.2, 0) is 11.3 Å². The van der Waals surface area contributed by atoms with Crippen molar-refractivity contribution in [1.29, 1.82) is 0 Å². The molecule has 1 rings (SSSR count). The fraction of sp³-hybridized carbons (Fsp3) is 0.500. The molecule has 0 radical (unpaired) electrons. The number of hydrogen-bond donors (Lipinski definition) is 2. The van der Waals surface area contributed by atoms with E-state index in [2.05, 4.69) is 19.2 Å². The highest BCUT2D eigenvalue weighted by Gasteiger charge is 2.15. The molecule has 0 atom stereocenters. The van der Waals surface area contributed by atoms with Gasteiger partial charge in [-0.2, -0.15) is 0 Å². The molecule has 3 N–H and O–H groups in total. The monoisotopic (exact) mass is 292 g/mol. The van der Waals surface area contributed by atoms with Gasteiger partial charge < -0.3 is 11.1 Å². The lowest BCUT2D eigenvalue weighted by Gasteiger charge is -2.15. The van der Waals surface area contributed by atoms with Gasteiger partial charge in [0, 0.05) is 18.0 Å². The zero-order chi connectivity index (χ0) is 15.0. The Morgan fingerprint density at radius 2 is 1.75 bits per heavy atom. The predicted octanol–water partition coefficient (Wildman–Crippen LogP) is 3.15. The molecule has 0 heterocycles. The van der Waals surface area contributed by atoms with Gasteiger partial charge in [-0.3, -0.25) is 4.79 Å². The van der Waals surface area contributed by atoms with E-state index in [1.54, 1.807) is 0 Å². The van der Waals surface area contributed by atoms with E-state index < -0.39 is 0 Å². The van der Waals surface area contributed by atoms with Gasteiger partial charge in [0.1, 0.15) is 4.99 Å². The fourth-order valence-electron chi connectivity index (χ4n) is 2.22. The van der Waals surface area contributed by atoms with Crippen molar-refractivity contribution in [2.45, 2.75) is 46.1 Å². The first-order valence-electron chi connectivity index (χ1n) is 7.24. The zero-order valence-corrected chi connectivity index (χ0v) is 13.1. The largest absolute Gasteiger partial charge is 0.389 e. The van der Waals surface area contributed by atoms with Crippen LogP contribution in [0, 0.1) is 5.92 Å². The van der Waals surface area contributed by atoms with Crippen molar-refractivity contribution in [2.24, 2.45) is 11.7 Å². The lowest BCUT2D eigenvalue weighted by Crippen LogP contribution is -2.30. The van der Waals surface area contributed by atoms with Crippen LogP contribution in [0.15, 0.2) is 24.3 Å². The molecule has 0 saturated heterocycles. The van der Waals surface area contributed by atoms with Gasteiger partial charge in [0.05, 0.1) is 0 Å². The van der Waals surface area contributed by atoms with Crippen molar-refractivity contribution < 1.29 is 4.79 Å². The van der Waals surface area contributed by atoms with E-state index in [1.807, 2.05) is 24.3 Å². The summed E-state index contributed by atoms with van der Waals surface area (Å²) in [5.74, 6) is 0.299. The number of nitrogens with two attached hydrogens (primary N) is 1. The van der Waals surface area contributed by atoms with Crippen LogP contribution in [0.5, 0.6) is 0 Å². The van der Waals surface area contributed by atoms with Gasteiger partial charge in [0.25, 0.3) is 0 Å². The van der Waals surface area contributed by atoms with Gasteiger partial charge in [0.15, 0.2) is 0 Å². The van der Waals surface area contributed by atoms with Crippen LogP contribution in [0.4, 0.5) is 0 Å². The average molecular weight is 292 g/mol. The standard InChI is InChI=1S/C16H24N2OS/c1-3-5-14(6-4-2)16(19)18-11-12-7-9-13(10-8-12)15(17)20/h7-10,14H,3-6,11H2,1-2H3,(H2,17,20)(H,18,19). The summed E-state index contributed by atoms with van der Waals surface area (Å²) in [5.41, 5.74) is 7.47. The molecule has 0 fully saturated rings. The third-order valence-electron chi connectivity index (χ3n) is 3.35. The van der Waals surface area contributed by atoms with E-state index in [0.717, 1.165) is 36.8 Å². The van der Waals surface area contributed by atoms with Crippen LogP contribution < -0.4 is 11.1 Å². The third-order valence-corrected chi connectivity index (χ3v) is 3.59. The van der Waals surface area contributed by atoms with Crippen LogP contribution in [0.2, 0.25) is 0 Å². The number of amides is 1. The highest BCUT2D eigenvalue weighted by atomic mass is 32.1. The van der Waals surface area contributed by atoms with Gasteiger partial charge in [-0.25, -0.2) is 0 Å². The predicted molar refractivity (Wildman–Crippen MR) is 87.5 cm³/mol. The van der Waals surface area contributed by atoms with E-state index in [4.69, 9.17) is 18.0 Å².